The van der Waals surface area contributed by atoms with Crippen LogP contribution in [0.15, 0.2) is 12.1 Å². The quantitative estimate of drug-likeness (QED) is 0.849. The van der Waals surface area contributed by atoms with Gasteiger partial charge in [-0.25, -0.2) is 0 Å². The van der Waals surface area contributed by atoms with Gasteiger partial charge in [-0.2, -0.15) is 0 Å². The van der Waals surface area contributed by atoms with E-state index in [1.807, 2.05) is 34.6 Å². The van der Waals surface area contributed by atoms with Gasteiger partial charge >= 0.3 is 0 Å². The fourth-order valence-electron chi connectivity index (χ4n) is 1.87. The number of nitrogens with one attached hydrogen (secondary N) is 1. The van der Waals surface area contributed by atoms with Crippen LogP contribution in [0.25, 0.3) is 0 Å². The minimum absolute atomic E-state index is 0.0284. The lowest BCUT2D eigenvalue weighted by atomic mass is 10.1. The van der Waals surface area contributed by atoms with Crippen LogP contribution >= 0.6 is 0 Å². The summed E-state index contributed by atoms with van der Waals surface area (Å²) < 4.78 is 5.55. The number of ether oxygens (including phenoxy) is 1. The standard InChI is InChI=1S/C15H21NO3/c1-10-6-12(8-17)7-11(2)14(10)19-9-13(18)16-15(3,4)5/h6-8H,9H2,1-5H3,(H,16,18). The summed E-state index contributed by atoms with van der Waals surface area (Å²) in [7, 11) is 0. The van der Waals surface area contributed by atoms with Crippen LogP contribution in [-0.2, 0) is 4.79 Å². The summed E-state index contributed by atoms with van der Waals surface area (Å²) in [6.07, 6.45) is 0.802. The number of rotatable bonds is 4. The maximum absolute atomic E-state index is 11.7. The zero-order valence-electron chi connectivity index (χ0n) is 12.2. The second-order valence-corrected chi connectivity index (χ2v) is 5.69. The van der Waals surface area contributed by atoms with Crippen molar-refractivity contribution in [2.75, 3.05) is 6.61 Å². The molecule has 104 valence electrons. The average Bonchev–Trinajstić information content (AvgIpc) is 2.25. The van der Waals surface area contributed by atoms with Crippen LogP contribution in [0, 0.1) is 13.8 Å². The molecule has 0 atom stereocenters. The Balaban J connectivity index is 2.73. The third kappa shape index (κ3) is 4.73. The lowest BCUT2D eigenvalue weighted by molar-refractivity contribution is -0.124. The maximum atomic E-state index is 11.7. The molecular weight excluding hydrogens is 242 g/mol. The Bertz CT molecular complexity index is 464. The molecule has 0 aromatic heterocycles. The van der Waals surface area contributed by atoms with Gasteiger partial charge < -0.3 is 10.1 Å². The SMILES string of the molecule is Cc1cc(C=O)cc(C)c1OCC(=O)NC(C)(C)C. The van der Waals surface area contributed by atoms with Crippen molar-refractivity contribution in [1.29, 1.82) is 0 Å². The van der Waals surface area contributed by atoms with Crippen molar-refractivity contribution >= 4 is 12.2 Å². The number of carbonyl (C=O) groups excluding carboxylic acids is 2. The highest BCUT2D eigenvalue weighted by atomic mass is 16.5. The normalized spacial score (nSPS) is 11.0. The summed E-state index contributed by atoms with van der Waals surface area (Å²) in [6.45, 7) is 9.44. The predicted octanol–water partition coefficient (Wildman–Crippen LogP) is 2.41. The predicted molar refractivity (Wildman–Crippen MR) is 74.7 cm³/mol. The van der Waals surface area contributed by atoms with E-state index in [-0.39, 0.29) is 18.1 Å². The summed E-state index contributed by atoms with van der Waals surface area (Å²) in [5.41, 5.74) is 2.05. The summed E-state index contributed by atoms with van der Waals surface area (Å²) in [5.74, 6) is 0.500. The van der Waals surface area contributed by atoms with Gasteiger partial charge in [0.25, 0.3) is 5.91 Å². The van der Waals surface area contributed by atoms with E-state index < -0.39 is 0 Å². The molecule has 0 heterocycles. The number of hydrogen-bond donors (Lipinski definition) is 1. The molecule has 0 aliphatic heterocycles. The van der Waals surface area contributed by atoms with Gasteiger partial charge in [-0.05, 0) is 57.9 Å². The monoisotopic (exact) mass is 263 g/mol. The molecule has 19 heavy (non-hydrogen) atoms. The van der Waals surface area contributed by atoms with Crippen LogP contribution in [-0.4, -0.2) is 24.3 Å². The van der Waals surface area contributed by atoms with Crippen molar-refractivity contribution in [2.24, 2.45) is 0 Å². The first-order valence-electron chi connectivity index (χ1n) is 6.23. The zero-order valence-corrected chi connectivity index (χ0v) is 12.2. The zero-order chi connectivity index (χ0) is 14.6. The van der Waals surface area contributed by atoms with Crippen LogP contribution in [0.1, 0.15) is 42.3 Å². The van der Waals surface area contributed by atoms with Gasteiger partial charge in [-0.1, -0.05) is 0 Å². The Labute approximate surface area is 114 Å². The molecule has 0 unspecified atom stereocenters. The number of aryl methyl sites for hydroxylation is 2. The molecule has 0 aliphatic carbocycles. The molecule has 1 N–H and O–H groups in total. The van der Waals surface area contributed by atoms with E-state index in [1.165, 1.54) is 0 Å². The van der Waals surface area contributed by atoms with Crippen molar-refractivity contribution in [3.63, 3.8) is 0 Å². The maximum Gasteiger partial charge on any atom is 0.258 e. The van der Waals surface area contributed by atoms with Crippen LogP contribution in [0.5, 0.6) is 5.75 Å². The van der Waals surface area contributed by atoms with E-state index in [1.54, 1.807) is 12.1 Å². The molecule has 0 radical (unpaired) electrons. The topological polar surface area (TPSA) is 55.4 Å². The fraction of sp³-hybridized carbons (Fsp3) is 0.467. The van der Waals surface area contributed by atoms with Crippen molar-refractivity contribution in [2.45, 2.75) is 40.2 Å². The lowest BCUT2D eigenvalue weighted by Crippen LogP contribution is -2.43. The molecule has 1 amide bonds. The number of aldehydes is 1. The Morgan fingerprint density at radius 2 is 1.79 bits per heavy atom. The summed E-state index contributed by atoms with van der Waals surface area (Å²) in [5, 5.41) is 2.83. The Hall–Kier alpha value is -1.84. The molecular formula is C15H21NO3. The summed E-state index contributed by atoms with van der Waals surface area (Å²) >= 11 is 0. The smallest absolute Gasteiger partial charge is 0.258 e. The first kappa shape index (κ1) is 15.2. The summed E-state index contributed by atoms with van der Waals surface area (Å²) in [4.78, 5) is 22.4. The molecule has 1 aromatic carbocycles. The van der Waals surface area contributed by atoms with Gasteiger partial charge in [0.2, 0.25) is 0 Å². The molecule has 0 fully saturated rings. The van der Waals surface area contributed by atoms with E-state index in [0.29, 0.717) is 11.3 Å². The molecule has 4 nitrogen and oxygen atoms in total. The largest absolute Gasteiger partial charge is 0.483 e. The highest BCUT2D eigenvalue weighted by molar-refractivity contribution is 5.79. The number of hydrogen-bond acceptors (Lipinski definition) is 3. The molecule has 0 bridgehead atoms. The number of amides is 1. The lowest BCUT2D eigenvalue weighted by Gasteiger charge is -2.21. The molecule has 0 aliphatic rings. The fourth-order valence-corrected chi connectivity index (χ4v) is 1.87. The molecule has 0 spiro atoms. The highest BCUT2D eigenvalue weighted by Crippen LogP contribution is 2.24. The third-order valence-corrected chi connectivity index (χ3v) is 2.48. The van der Waals surface area contributed by atoms with Crippen molar-refractivity contribution < 1.29 is 14.3 Å². The molecule has 4 heteroatoms. The minimum Gasteiger partial charge on any atom is -0.483 e. The average molecular weight is 263 g/mol. The molecule has 0 saturated heterocycles. The third-order valence-electron chi connectivity index (χ3n) is 2.48. The van der Waals surface area contributed by atoms with Crippen LogP contribution < -0.4 is 10.1 Å². The van der Waals surface area contributed by atoms with Gasteiger partial charge in [0, 0.05) is 11.1 Å². The Morgan fingerprint density at radius 3 is 2.21 bits per heavy atom. The molecule has 1 rings (SSSR count). The molecule has 1 aromatic rings. The Morgan fingerprint density at radius 1 is 1.26 bits per heavy atom. The van der Waals surface area contributed by atoms with E-state index in [2.05, 4.69) is 5.32 Å². The van der Waals surface area contributed by atoms with Crippen LogP contribution in [0.3, 0.4) is 0 Å². The second kappa shape index (κ2) is 5.87. The van der Waals surface area contributed by atoms with E-state index in [9.17, 15) is 9.59 Å². The number of carbonyl (C=O) groups is 2. The van der Waals surface area contributed by atoms with Gasteiger partial charge in [0.15, 0.2) is 6.61 Å². The van der Waals surface area contributed by atoms with E-state index >= 15 is 0 Å². The number of benzene rings is 1. The van der Waals surface area contributed by atoms with Crippen molar-refractivity contribution in [3.8, 4) is 5.75 Å². The van der Waals surface area contributed by atoms with Crippen molar-refractivity contribution in [1.82, 2.24) is 5.32 Å². The first-order chi connectivity index (χ1) is 8.73. The minimum atomic E-state index is -0.272. The molecule has 0 saturated carbocycles. The second-order valence-electron chi connectivity index (χ2n) is 5.69. The highest BCUT2D eigenvalue weighted by Gasteiger charge is 2.15. The van der Waals surface area contributed by atoms with Crippen LogP contribution in [0.4, 0.5) is 0 Å². The summed E-state index contributed by atoms with van der Waals surface area (Å²) in [6, 6.07) is 3.49. The first-order valence-corrected chi connectivity index (χ1v) is 6.23. The van der Waals surface area contributed by atoms with Gasteiger partial charge in [-0.3, -0.25) is 9.59 Å². The van der Waals surface area contributed by atoms with Gasteiger partial charge in [0.1, 0.15) is 12.0 Å². The van der Waals surface area contributed by atoms with Gasteiger partial charge in [-0.15, -0.1) is 0 Å². The van der Waals surface area contributed by atoms with Gasteiger partial charge in [0.05, 0.1) is 0 Å². The Kier molecular flexibility index (Phi) is 4.70. The van der Waals surface area contributed by atoms with Crippen LogP contribution in [0.2, 0.25) is 0 Å². The van der Waals surface area contributed by atoms with Crippen molar-refractivity contribution in [3.05, 3.63) is 28.8 Å². The van der Waals surface area contributed by atoms with E-state index in [4.69, 9.17) is 4.74 Å². The van der Waals surface area contributed by atoms with E-state index in [0.717, 1.165) is 17.4 Å².